The lowest BCUT2D eigenvalue weighted by Crippen LogP contribution is -2.29. The van der Waals surface area contributed by atoms with Gasteiger partial charge in [0.05, 0.1) is 6.20 Å². The molecule has 4 heterocycles. The Kier molecular flexibility index (Phi) is 5.86. The van der Waals surface area contributed by atoms with Crippen molar-refractivity contribution in [3.05, 3.63) is 87.1 Å². The monoisotopic (exact) mass is 468 g/mol. The molecule has 1 amide bonds. The van der Waals surface area contributed by atoms with Crippen molar-refractivity contribution in [3.8, 4) is 6.07 Å². The van der Waals surface area contributed by atoms with Crippen LogP contribution in [0.1, 0.15) is 45.3 Å². The molecule has 7 nitrogen and oxygen atoms in total. The van der Waals surface area contributed by atoms with Gasteiger partial charge in [0.1, 0.15) is 11.6 Å². The molecule has 5 rings (SSSR count). The Labute approximate surface area is 201 Å². The summed E-state index contributed by atoms with van der Waals surface area (Å²) in [4.78, 5) is 22.0. The molecule has 0 spiro atoms. The minimum atomic E-state index is -0.00141. The molecule has 1 aromatic carbocycles. The summed E-state index contributed by atoms with van der Waals surface area (Å²) in [5.74, 6) is 0.0774. The number of rotatable bonds is 7. The van der Waals surface area contributed by atoms with Crippen LogP contribution in [0.15, 0.2) is 54.2 Å². The smallest absolute Gasteiger partial charge is 0.220 e. The summed E-state index contributed by atoms with van der Waals surface area (Å²) in [6.07, 6.45) is 4.49. The zero-order valence-electron chi connectivity index (χ0n) is 19.0. The third-order valence-electron chi connectivity index (χ3n) is 6.32. The Morgan fingerprint density at radius 1 is 1.26 bits per heavy atom. The summed E-state index contributed by atoms with van der Waals surface area (Å²) in [5, 5.41) is 19.9. The largest absolute Gasteiger partial charge is 0.361 e. The van der Waals surface area contributed by atoms with E-state index in [2.05, 4.69) is 50.0 Å². The quantitative estimate of drug-likeness (QED) is 0.363. The number of aryl methyl sites for hydroxylation is 2. The molecule has 0 radical (unpaired) electrons. The van der Waals surface area contributed by atoms with Crippen LogP contribution in [0.4, 0.5) is 0 Å². The Hall–Kier alpha value is -3.96. The zero-order valence-corrected chi connectivity index (χ0v) is 19.8. The van der Waals surface area contributed by atoms with Crippen LogP contribution in [0.5, 0.6) is 0 Å². The summed E-state index contributed by atoms with van der Waals surface area (Å²) in [5.41, 5.74) is 6.01. The molecule has 170 valence electrons. The zero-order chi connectivity index (χ0) is 23.7. The lowest BCUT2D eigenvalue weighted by molar-refractivity contribution is -0.121. The SMILES string of the molecule is Cc1nc2c(C#N)cnn2c(C)c1CCC(=O)NCC(c1cccs1)c1c[nH]c2ccccc12. The maximum Gasteiger partial charge on any atom is 0.220 e. The fourth-order valence-corrected chi connectivity index (χ4v) is 5.38. The normalized spacial score (nSPS) is 12.1. The summed E-state index contributed by atoms with van der Waals surface area (Å²) in [7, 11) is 0. The first-order valence-corrected chi connectivity index (χ1v) is 12.0. The molecular formula is C26H24N6OS. The number of fused-ring (bicyclic) bond motifs is 2. The van der Waals surface area contributed by atoms with Gasteiger partial charge in [-0.3, -0.25) is 4.79 Å². The van der Waals surface area contributed by atoms with Gasteiger partial charge in [-0.1, -0.05) is 24.3 Å². The van der Waals surface area contributed by atoms with Crippen LogP contribution in [-0.4, -0.2) is 32.0 Å². The number of para-hydroxylation sites is 1. The Morgan fingerprint density at radius 2 is 2.12 bits per heavy atom. The van der Waals surface area contributed by atoms with Gasteiger partial charge in [-0.05, 0) is 48.9 Å². The van der Waals surface area contributed by atoms with Gasteiger partial charge in [-0.25, -0.2) is 9.50 Å². The van der Waals surface area contributed by atoms with Crippen LogP contribution in [-0.2, 0) is 11.2 Å². The highest BCUT2D eigenvalue weighted by Gasteiger charge is 2.20. The van der Waals surface area contributed by atoms with Gasteiger partial charge in [0.15, 0.2) is 5.65 Å². The molecule has 0 saturated carbocycles. The summed E-state index contributed by atoms with van der Waals surface area (Å²) in [6, 6.07) is 14.5. The molecule has 8 heteroatoms. The number of hydrogen-bond acceptors (Lipinski definition) is 5. The Balaban J connectivity index is 1.31. The Morgan fingerprint density at radius 3 is 2.91 bits per heavy atom. The number of carbonyl (C=O) groups is 1. The van der Waals surface area contributed by atoms with Crippen molar-refractivity contribution in [2.45, 2.75) is 32.6 Å². The molecule has 5 aromatic rings. The molecule has 0 aliphatic carbocycles. The molecule has 1 atom stereocenters. The summed E-state index contributed by atoms with van der Waals surface area (Å²) < 4.78 is 1.68. The average molecular weight is 469 g/mol. The van der Waals surface area contributed by atoms with Crippen LogP contribution in [0, 0.1) is 25.2 Å². The van der Waals surface area contributed by atoms with Crippen LogP contribution < -0.4 is 5.32 Å². The standard InChI is InChI=1S/C26H24N6OS/c1-16-19(17(2)32-26(31-16)18(12-27)13-30-32)9-10-25(33)29-15-22(24-8-5-11-34-24)21-14-28-23-7-4-3-6-20(21)23/h3-8,11,13-14,22,28H,9-10,15H2,1-2H3,(H,29,33). The number of thiophene rings is 1. The first-order chi connectivity index (χ1) is 16.6. The number of H-pyrrole nitrogens is 1. The molecule has 0 saturated heterocycles. The second-order valence-electron chi connectivity index (χ2n) is 8.33. The van der Waals surface area contributed by atoms with Gasteiger partial charge >= 0.3 is 0 Å². The number of aromatic nitrogens is 4. The lowest BCUT2D eigenvalue weighted by Gasteiger charge is -2.17. The second-order valence-corrected chi connectivity index (χ2v) is 9.31. The van der Waals surface area contributed by atoms with E-state index in [1.54, 1.807) is 15.9 Å². The number of nitrogens with zero attached hydrogens (tertiary/aromatic N) is 4. The molecule has 0 aliphatic rings. The first-order valence-electron chi connectivity index (χ1n) is 11.2. The van der Waals surface area contributed by atoms with E-state index in [9.17, 15) is 10.1 Å². The number of carbonyl (C=O) groups excluding carboxylic acids is 1. The molecule has 0 aliphatic heterocycles. The van der Waals surface area contributed by atoms with E-state index < -0.39 is 0 Å². The van der Waals surface area contributed by atoms with E-state index in [0.717, 1.165) is 22.5 Å². The second kappa shape index (κ2) is 9.12. The van der Waals surface area contributed by atoms with Gasteiger partial charge in [-0.15, -0.1) is 11.3 Å². The van der Waals surface area contributed by atoms with E-state index in [0.29, 0.717) is 30.6 Å². The van der Waals surface area contributed by atoms with Crippen LogP contribution in [0.3, 0.4) is 0 Å². The van der Waals surface area contributed by atoms with Crippen molar-refractivity contribution in [2.75, 3.05) is 6.54 Å². The van der Waals surface area contributed by atoms with E-state index >= 15 is 0 Å². The third-order valence-corrected chi connectivity index (χ3v) is 7.30. The average Bonchev–Trinajstić information content (AvgIpc) is 3.59. The van der Waals surface area contributed by atoms with Crippen molar-refractivity contribution in [1.82, 2.24) is 24.9 Å². The van der Waals surface area contributed by atoms with Crippen molar-refractivity contribution >= 4 is 33.8 Å². The highest BCUT2D eigenvalue weighted by molar-refractivity contribution is 7.10. The highest BCUT2D eigenvalue weighted by Crippen LogP contribution is 2.32. The lowest BCUT2D eigenvalue weighted by atomic mass is 9.96. The van der Waals surface area contributed by atoms with E-state index in [-0.39, 0.29) is 11.8 Å². The van der Waals surface area contributed by atoms with Crippen molar-refractivity contribution in [1.29, 1.82) is 5.26 Å². The molecular weight excluding hydrogens is 444 g/mol. The molecule has 34 heavy (non-hydrogen) atoms. The van der Waals surface area contributed by atoms with Gasteiger partial charge < -0.3 is 10.3 Å². The van der Waals surface area contributed by atoms with Crippen LogP contribution in [0.25, 0.3) is 16.6 Å². The number of hydrogen-bond donors (Lipinski definition) is 2. The van der Waals surface area contributed by atoms with Gasteiger partial charge in [0.25, 0.3) is 0 Å². The topological polar surface area (TPSA) is 98.9 Å². The van der Waals surface area contributed by atoms with Gasteiger partial charge in [-0.2, -0.15) is 10.4 Å². The molecule has 1 unspecified atom stereocenters. The van der Waals surface area contributed by atoms with E-state index in [4.69, 9.17) is 0 Å². The van der Waals surface area contributed by atoms with E-state index in [1.807, 2.05) is 38.2 Å². The number of nitrogens with one attached hydrogen (secondary N) is 2. The molecule has 0 bridgehead atoms. The van der Waals surface area contributed by atoms with Gasteiger partial charge in [0.2, 0.25) is 5.91 Å². The van der Waals surface area contributed by atoms with Crippen LogP contribution in [0.2, 0.25) is 0 Å². The van der Waals surface area contributed by atoms with Crippen molar-refractivity contribution in [2.24, 2.45) is 0 Å². The third kappa shape index (κ3) is 3.95. The summed E-state index contributed by atoms with van der Waals surface area (Å²) >= 11 is 1.70. The minimum absolute atomic E-state index is 0.00141. The molecule has 4 aromatic heterocycles. The summed E-state index contributed by atoms with van der Waals surface area (Å²) in [6.45, 7) is 4.40. The maximum absolute atomic E-state index is 12.9. The first kappa shape index (κ1) is 21.9. The molecule has 2 N–H and O–H groups in total. The number of aromatic amines is 1. The highest BCUT2D eigenvalue weighted by atomic mass is 32.1. The molecule has 0 fully saturated rings. The van der Waals surface area contributed by atoms with E-state index in [1.165, 1.54) is 22.0 Å². The Bertz CT molecular complexity index is 1520. The fourth-order valence-electron chi connectivity index (χ4n) is 4.53. The maximum atomic E-state index is 12.9. The number of benzene rings is 1. The van der Waals surface area contributed by atoms with Crippen molar-refractivity contribution < 1.29 is 4.79 Å². The fraction of sp³-hybridized carbons (Fsp3) is 0.231. The number of nitriles is 1. The van der Waals surface area contributed by atoms with Gasteiger partial charge in [0, 0.05) is 52.2 Å². The predicted molar refractivity (Wildman–Crippen MR) is 133 cm³/mol. The van der Waals surface area contributed by atoms with Crippen molar-refractivity contribution in [3.63, 3.8) is 0 Å². The number of amides is 1. The predicted octanol–water partition coefficient (Wildman–Crippen LogP) is 4.64. The minimum Gasteiger partial charge on any atom is -0.361 e. The van der Waals surface area contributed by atoms with Crippen LogP contribution >= 0.6 is 11.3 Å².